The van der Waals surface area contributed by atoms with Gasteiger partial charge in [-0.2, -0.15) is 0 Å². The van der Waals surface area contributed by atoms with Gasteiger partial charge < -0.3 is 14.2 Å². The highest BCUT2D eigenvalue weighted by molar-refractivity contribution is 5.92. The van der Waals surface area contributed by atoms with Gasteiger partial charge in [-0.25, -0.2) is 4.39 Å². The number of para-hydroxylation sites is 1. The molecule has 1 heterocycles. The number of amides is 1. The van der Waals surface area contributed by atoms with Crippen LogP contribution in [0.1, 0.15) is 16.1 Å². The Morgan fingerprint density at radius 1 is 1.04 bits per heavy atom. The number of rotatable bonds is 7. The van der Waals surface area contributed by atoms with Crippen LogP contribution in [0.25, 0.3) is 0 Å². The van der Waals surface area contributed by atoms with Gasteiger partial charge in [0.05, 0.1) is 6.54 Å². The molecule has 0 aliphatic carbocycles. The van der Waals surface area contributed by atoms with E-state index in [2.05, 4.69) is 0 Å². The molecule has 0 bridgehead atoms. The third kappa shape index (κ3) is 4.30. The summed E-state index contributed by atoms with van der Waals surface area (Å²) in [5, 5.41) is 0. The maximum Gasteiger partial charge on any atom is 0.270 e. The van der Waals surface area contributed by atoms with Crippen molar-refractivity contribution in [2.45, 2.75) is 6.54 Å². The SMILES string of the molecule is CN(CCOc1ccccc1F)C(=O)c1cccn1Cc1ccccc1. The Morgan fingerprint density at radius 2 is 1.77 bits per heavy atom. The summed E-state index contributed by atoms with van der Waals surface area (Å²) in [6, 6.07) is 19.9. The van der Waals surface area contributed by atoms with Gasteiger partial charge in [0.15, 0.2) is 11.6 Å². The fourth-order valence-corrected chi connectivity index (χ4v) is 2.68. The summed E-state index contributed by atoms with van der Waals surface area (Å²) in [5.74, 6) is -0.304. The number of benzene rings is 2. The first-order valence-electron chi connectivity index (χ1n) is 8.47. The van der Waals surface area contributed by atoms with Crippen LogP contribution in [0.15, 0.2) is 72.9 Å². The molecule has 1 amide bonds. The van der Waals surface area contributed by atoms with Crippen molar-refractivity contribution in [2.24, 2.45) is 0 Å². The highest BCUT2D eigenvalue weighted by atomic mass is 19.1. The number of hydrogen-bond donors (Lipinski definition) is 0. The van der Waals surface area contributed by atoms with E-state index in [9.17, 15) is 9.18 Å². The molecule has 0 atom stereocenters. The molecule has 0 spiro atoms. The molecule has 2 aromatic carbocycles. The van der Waals surface area contributed by atoms with Crippen LogP contribution in [0.2, 0.25) is 0 Å². The van der Waals surface area contributed by atoms with E-state index >= 15 is 0 Å². The largest absolute Gasteiger partial charge is 0.489 e. The van der Waals surface area contributed by atoms with Crippen LogP contribution in [-0.2, 0) is 6.54 Å². The molecule has 1 aromatic heterocycles. The molecule has 0 saturated heterocycles. The van der Waals surface area contributed by atoms with Crippen molar-refractivity contribution in [1.29, 1.82) is 0 Å². The van der Waals surface area contributed by atoms with Crippen molar-refractivity contribution in [3.8, 4) is 5.75 Å². The molecule has 0 saturated carbocycles. The minimum atomic E-state index is -0.404. The summed E-state index contributed by atoms with van der Waals surface area (Å²) in [7, 11) is 1.72. The van der Waals surface area contributed by atoms with Crippen LogP contribution in [0.4, 0.5) is 4.39 Å². The number of likely N-dealkylation sites (N-methyl/N-ethyl adjacent to an activating group) is 1. The zero-order valence-corrected chi connectivity index (χ0v) is 14.6. The third-order valence-electron chi connectivity index (χ3n) is 4.11. The first-order chi connectivity index (χ1) is 12.6. The van der Waals surface area contributed by atoms with E-state index in [-0.39, 0.29) is 18.3 Å². The van der Waals surface area contributed by atoms with Gasteiger partial charge in [-0.3, -0.25) is 4.79 Å². The number of nitrogens with zero attached hydrogens (tertiary/aromatic N) is 2. The molecule has 4 nitrogen and oxygen atoms in total. The maximum atomic E-state index is 13.5. The summed E-state index contributed by atoms with van der Waals surface area (Å²) in [6.07, 6.45) is 1.89. The summed E-state index contributed by atoms with van der Waals surface area (Å²) >= 11 is 0. The summed E-state index contributed by atoms with van der Waals surface area (Å²) in [6.45, 7) is 1.22. The number of hydrogen-bond acceptors (Lipinski definition) is 2. The molecular formula is C21H21FN2O2. The Kier molecular flexibility index (Phi) is 5.69. The zero-order chi connectivity index (χ0) is 18.4. The van der Waals surface area contributed by atoms with Crippen LogP contribution in [0, 0.1) is 5.82 Å². The highest BCUT2D eigenvalue weighted by Gasteiger charge is 2.16. The second-order valence-corrected chi connectivity index (χ2v) is 6.01. The fourth-order valence-electron chi connectivity index (χ4n) is 2.68. The van der Waals surface area contributed by atoms with Crippen LogP contribution in [-0.4, -0.2) is 35.6 Å². The summed E-state index contributed by atoms with van der Waals surface area (Å²) in [5.41, 5.74) is 1.74. The topological polar surface area (TPSA) is 34.5 Å². The minimum absolute atomic E-state index is 0.0944. The molecule has 0 N–H and O–H groups in total. The number of aromatic nitrogens is 1. The smallest absolute Gasteiger partial charge is 0.270 e. The van der Waals surface area contributed by atoms with E-state index < -0.39 is 5.82 Å². The van der Waals surface area contributed by atoms with Crippen molar-refractivity contribution in [3.63, 3.8) is 0 Å². The number of carbonyl (C=O) groups excluding carboxylic acids is 1. The molecular weight excluding hydrogens is 331 g/mol. The van der Waals surface area contributed by atoms with Gasteiger partial charge in [0.25, 0.3) is 5.91 Å². The lowest BCUT2D eigenvalue weighted by Crippen LogP contribution is -2.32. The third-order valence-corrected chi connectivity index (χ3v) is 4.11. The minimum Gasteiger partial charge on any atom is -0.489 e. The summed E-state index contributed by atoms with van der Waals surface area (Å²) in [4.78, 5) is 14.3. The Hall–Kier alpha value is -3.08. The average Bonchev–Trinajstić information content (AvgIpc) is 3.11. The molecule has 0 fully saturated rings. The second kappa shape index (κ2) is 8.34. The van der Waals surface area contributed by atoms with Gasteiger partial charge in [-0.15, -0.1) is 0 Å². The Balaban J connectivity index is 1.59. The van der Waals surface area contributed by atoms with Crippen molar-refractivity contribution in [2.75, 3.05) is 20.2 Å². The van der Waals surface area contributed by atoms with Gasteiger partial charge in [-0.1, -0.05) is 42.5 Å². The van der Waals surface area contributed by atoms with Gasteiger partial charge in [0.1, 0.15) is 12.3 Å². The Labute approximate surface area is 152 Å². The lowest BCUT2D eigenvalue weighted by Gasteiger charge is -2.19. The first kappa shape index (κ1) is 17.7. The van der Waals surface area contributed by atoms with E-state index in [1.807, 2.05) is 47.2 Å². The van der Waals surface area contributed by atoms with Crippen molar-refractivity contribution < 1.29 is 13.9 Å². The predicted molar refractivity (Wildman–Crippen MR) is 98.8 cm³/mol. The molecule has 3 rings (SSSR count). The number of ether oxygens (including phenoxy) is 1. The monoisotopic (exact) mass is 352 g/mol. The number of carbonyl (C=O) groups is 1. The van der Waals surface area contributed by atoms with Gasteiger partial charge in [0, 0.05) is 19.8 Å². The van der Waals surface area contributed by atoms with Crippen LogP contribution < -0.4 is 4.74 Å². The van der Waals surface area contributed by atoms with E-state index in [1.165, 1.54) is 6.07 Å². The molecule has 0 aliphatic rings. The molecule has 0 aliphatic heterocycles. The van der Waals surface area contributed by atoms with E-state index in [4.69, 9.17) is 4.74 Å². The lowest BCUT2D eigenvalue weighted by molar-refractivity contribution is 0.0763. The number of halogens is 1. The van der Waals surface area contributed by atoms with Crippen LogP contribution in [0.3, 0.4) is 0 Å². The average molecular weight is 352 g/mol. The molecule has 3 aromatic rings. The van der Waals surface area contributed by atoms with Crippen molar-refractivity contribution in [1.82, 2.24) is 9.47 Å². The molecule has 134 valence electrons. The van der Waals surface area contributed by atoms with Gasteiger partial charge >= 0.3 is 0 Å². The van der Waals surface area contributed by atoms with Crippen molar-refractivity contribution in [3.05, 3.63) is 90.0 Å². The van der Waals surface area contributed by atoms with Crippen LogP contribution in [0.5, 0.6) is 5.75 Å². The quantitative estimate of drug-likeness (QED) is 0.648. The normalized spacial score (nSPS) is 10.5. The Bertz CT molecular complexity index is 861. The molecule has 5 heteroatoms. The van der Waals surface area contributed by atoms with E-state index in [0.29, 0.717) is 18.8 Å². The highest BCUT2D eigenvalue weighted by Crippen LogP contribution is 2.15. The maximum absolute atomic E-state index is 13.5. The molecule has 0 unspecified atom stereocenters. The molecule has 26 heavy (non-hydrogen) atoms. The van der Waals surface area contributed by atoms with E-state index in [1.54, 1.807) is 36.2 Å². The summed E-state index contributed by atoms with van der Waals surface area (Å²) < 4.78 is 20.9. The predicted octanol–water partition coefficient (Wildman–Crippen LogP) is 3.83. The lowest BCUT2D eigenvalue weighted by atomic mass is 10.2. The zero-order valence-electron chi connectivity index (χ0n) is 14.6. The van der Waals surface area contributed by atoms with Gasteiger partial charge in [0.2, 0.25) is 0 Å². The Morgan fingerprint density at radius 3 is 2.54 bits per heavy atom. The standard InChI is InChI=1S/C21H21FN2O2/c1-23(14-15-26-20-12-6-5-10-18(20)22)21(25)19-11-7-13-24(19)16-17-8-3-2-4-9-17/h2-13H,14-16H2,1H3. The van der Waals surface area contributed by atoms with Gasteiger partial charge in [-0.05, 0) is 29.8 Å². The first-order valence-corrected chi connectivity index (χ1v) is 8.47. The van der Waals surface area contributed by atoms with Crippen molar-refractivity contribution >= 4 is 5.91 Å². The van der Waals surface area contributed by atoms with E-state index in [0.717, 1.165) is 5.56 Å². The van der Waals surface area contributed by atoms with Crippen LogP contribution >= 0.6 is 0 Å². The second-order valence-electron chi connectivity index (χ2n) is 6.01. The fraction of sp³-hybridized carbons (Fsp3) is 0.190. The molecule has 0 radical (unpaired) electrons.